The molecule has 0 aromatic carbocycles. The topological polar surface area (TPSA) is 139 Å². The Labute approximate surface area is 92.0 Å². The van der Waals surface area contributed by atoms with Gasteiger partial charge in [-0.05, 0) is 0 Å². The summed E-state index contributed by atoms with van der Waals surface area (Å²) in [5.74, 6) is -0.627. The van der Waals surface area contributed by atoms with Crippen molar-refractivity contribution in [2.75, 3.05) is 13.2 Å². The number of aliphatic hydroxyl groups excluding tert-OH is 5. The number of carbonyl (C=O) groups excluding carboxylic acids is 1. The van der Waals surface area contributed by atoms with Crippen LogP contribution in [-0.4, -0.2) is 69.1 Å². The summed E-state index contributed by atoms with van der Waals surface area (Å²) in [6, 6.07) is 0. The van der Waals surface area contributed by atoms with E-state index in [1.54, 1.807) is 0 Å². The van der Waals surface area contributed by atoms with Crippen molar-refractivity contribution < 1.29 is 35.2 Å². The van der Waals surface area contributed by atoms with Crippen molar-refractivity contribution in [1.82, 2.24) is 5.48 Å². The third-order valence-electron chi connectivity index (χ3n) is 1.83. The minimum atomic E-state index is -1.70. The maximum atomic E-state index is 10.3. The van der Waals surface area contributed by atoms with Crippen LogP contribution in [0.3, 0.4) is 0 Å². The highest BCUT2D eigenvalue weighted by Gasteiger charge is 2.29. The molecule has 0 saturated heterocycles. The maximum absolute atomic E-state index is 10.3. The standard InChI is InChI=1S/C8H17NO7/c1-4(11)16-9-2-5(12)7(14)8(15)6(13)3-10/h5-10,12-15H,2-3H2,1H3. The molecule has 8 heteroatoms. The van der Waals surface area contributed by atoms with Crippen LogP contribution >= 0.6 is 0 Å². The summed E-state index contributed by atoms with van der Waals surface area (Å²) in [5, 5.41) is 45.3. The van der Waals surface area contributed by atoms with Gasteiger partial charge in [0.1, 0.15) is 18.3 Å². The van der Waals surface area contributed by atoms with Crippen LogP contribution in [0, 0.1) is 0 Å². The second kappa shape index (κ2) is 7.49. The number of carbonyl (C=O) groups is 1. The molecular formula is C8H17NO7. The molecule has 0 amide bonds. The van der Waals surface area contributed by atoms with Gasteiger partial charge in [0, 0.05) is 6.92 Å². The van der Waals surface area contributed by atoms with Gasteiger partial charge in [-0.2, -0.15) is 5.48 Å². The van der Waals surface area contributed by atoms with Crippen LogP contribution in [0.1, 0.15) is 6.92 Å². The summed E-state index contributed by atoms with van der Waals surface area (Å²) in [5.41, 5.74) is 2.06. The van der Waals surface area contributed by atoms with Crippen molar-refractivity contribution in [2.24, 2.45) is 0 Å². The number of rotatable bonds is 7. The van der Waals surface area contributed by atoms with E-state index in [1.165, 1.54) is 0 Å². The summed E-state index contributed by atoms with van der Waals surface area (Å²) in [4.78, 5) is 14.6. The van der Waals surface area contributed by atoms with Crippen molar-refractivity contribution in [3.8, 4) is 0 Å². The molecule has 8 nitrogen and oxygen atoms in total. The summed E-state index contributed by atoms with van der Waals surface area (Å²) < 4.78 is 0. The lowest BCUT2D eigenvalue weighted by Crippen LogP contribution is -2.49. The van der Waals surface area contributed by atoms with Gasteiger partial charge in [-0.3, -0.25) is 4.79 Å². The van der Waals surface area contributed by atoms with Crippen LogP contribution in [0.2, 0.25) is 0 Å². The summed E-state index contributed by atoms with van der Waals surface area (Å²) in [6.07, 6.45) is -6.39. The first-order valence-electron chi connectivity index (χ1n) is 4.63. The van der Waals surface area contributed by atoms with E-state index in [2.05, 4.69) is 10.3 Å². The van der Waals surface area contributed by atoms with E-state index in [0.29, 0.717) is 0 Å². The van der Waals surface area contributed by atoms with Crippen LogP contribution in [-0.2, 0) is 9.63 Å². The molecule has 0 aliphatic rings. The smallest absolute Gasteiger partial charge is 0.321 e. The van der Waals surface area contributed by atoms with E-state index in [-0.39, 0.29) is 6.54 Å². The van der Waals surface area contributed by atoms with Crippen molar-refractivity contribution in [3.63, 3.8) is 0 Å². The Morgan fingerprint density at radius 2 is 1.69 bits per heavy atom. The fraction of sp³-hybridized carbons (Fsp3) is 0.875. The Kier molecular flexibility index (Phi) is 7.13. The van der Waals surface area contributed by atoms with Gasteiger partial charge in [0.25, 0.3) is 0 Å². The van der Waals surface area contributed by atoms with Crippen LogP contribution in [0.15, 0.2) is 0 Å². The molecule has 4 unspecified atom stereocenters. The minimum Gasteiger partial charge on any atom is -0.394 e. The maximum Gasteiger partial charge on any atom is 0.321 e. The highest BCUT2D eigenvalue weighted by molar-refractivity contribution is 5.65. The molecule has 6 N–H and O–H groups in total. The first-order valence-corrected chi connectivity index (χ1v) is 4.63. The van der Waals surface area contributed by atoms with E-state index in [9.17, 15) is 20.1 Å². The molecule has 0 rings (SSSR count). The number of nitrogens with one attached hydrogen (secondary N) is 1. The number of hydroxylamine groups is 1. The number of hydrogen-bond donors (Lipinski definition) is 6. The van der Waals surface area contributed by atoms with Gasteiger partial charge in [0.15, 0.2) is 0 Å². The van der Waals surface area contributed by atoms with Gasteiger partial charge in [-0.25, -0.2) is 0 Å². The SMILES string of the molecule is CC(=O)ONCC(O)C(O)C(O)C(O)CO. The van der Waals surface area contributed by atoms with Crippen molar-refractivity contribution in [2.45, 2.75) is 31.3 Å². The minimum absolute atomic E-state index is 0.323. The quantitative estimate of drug-likeness (QED) is 0.251. The number of hydrogen-bond acceptors (Lipinski definition) is 8. The lowest BCUT2D eigenvalue weighted by Gasteiger charge is -2.25. The fourth-order valence-corrected chi connectivity index (χ4v) is 0.913. The summed E-state index contributed by atoms with van der Waals surface area (Å²) in [7, 11) is 0. The fourth-order valence-electron chi connectivity index (χ4n) is 0.913. The third kappa shape index (κ3) is 5.35. The van der Waals surface area contributed by atoms with Crippen LogP contribution in [0.5, 0.6) is 0 Å². The zero-order valence-electron chi connectivity index (χ0n) is 8.78. The van der Waals surface area contributed by atoms with Gasteiger partial charge in [-0.1, -0.05) is 0 Å². The van der Waals surface area contributed by atoms with E-state index >= 15 is 0 Å². The van der Waals surface area contributed by atoms with E-state index in [4.69, 9.17) is 10.2 Å². The van der Waals surface area contributed by atoms with Crippen molar-refractivity contribution >= 4 is 5.97 Å². The predicted octanol–water partition coefficient (Wildman–Crippen LogP) is -3.51. The molecule has 4 atom stereocenters. The van der Waals surface area contributed by atoms with Crippen LogP contribution in [0.25, 0.3) is 0 Å². The Hall–Kier alpha value is -0.770. The van der Waals surface area contributed by atoms with Gasteiger partial charge >= 0.3 is 5.97 Å². The van der Waals surface area contributed by atoms with E-state index in [0.717, 1.165) is 6.92 Å². The average molecular weight is 239 g/mol. The molecule has 0 aliphatic carbocycles. The van der Waals surface area contributed by atoms with Crippen LogP contribution < -0.4 is 5.48 Å². The van der Waals surface area contributed by atoms with E-state index < -0.39 is 37.0 Å². The zero-order valence-corrected chi connectivity index (χ0v) is 8.78. The van der Waals surface area contributed by atoms with Gasteiger partial charge in [0.05, 0.1) is 19.3 Å². The van der Waals surface area contributed by atoms with Gasteiger partial charge in [-0.15, -0.1) is 0 Å². The van der Waals surface area contributed by atoms with Crippen LogP contribution in [0.4, 0.5) is 0 Å². The molecule has 0 fully saturated rings. The molecule has 0 aromatic rings. The molecule has 16 heavy (non-hydrogen) atoms. The molecule has 0 aromatic heterocycles. The van der Waals surface area contributed by atoms with Gasteiger partial charge < -0.3 is 30.4 Å². The molecular weight excluding hydrogens is 222 g/mol. The Bertz CT molecular complexity index is 213. The Balaban J connectivity index is 3.97. The molecule has 0 bridgehead atoms. The molecule has 0 radical (unpaired) electrons. The highest BCUT2D eigenvalue weighted by atomic mass is 16.7. The second-order valence-electron chi connectivity index (χ2n) is 3.24. The van der Waals surface area contributed by atoms with Gasteiger partial charge in [0.2, 0.25) is 0 Å². The predicted molar refractivity (Wildman–Crippen MR) is 50.9 cm³/mol. The normalized spacial score (nSPS) is 18.6. The average Bonchev–Trinajstić information content (AvgIpc) is 2.25. The largest absolute Gasteiger partial charge is 0.394 e. The lowest BCUT2D eigenvalue weighted by molar-refractivity contribution is -0.152. The molecule has 96 valence electrons. The Morgan fingerprint density at radius 1 is 1.19 bits per heavy atom. The number of aliphatic hydroxyl groups is 5. The highest BCUT2D eigenvalue weighted by Crippen LogP contribution is 2.04. The van der Waals surface area contributed by atoms with E-state index in [1.807, 2.05) is 0 Å². The molecule has 0 saturated carbocycles. The first kappa shape index (κ1) is 15.2. The first-order chi connectivity index (χ1) is 7.40. The molecule has 0 spiro atoms. The third-order valence-corrected chi connectivity index (χ3v) is 1.83. The second-order valence-corrected chi connectivity index (χ2v) is 3.24. The monoisotopic (exact) mass is 239 g/mol. The van der Waals surface area contributed by atoms with Crippen molar-refractivity contribution in [3.05, 3.63) is 0 Å². The summed E-state index contributed by atoms with van der Waals surface area (Å²) in [6.45, 7) is 0.0679. The molecule has 0 aliphatic heterocycles. The zero-order chi connectivity index (χ0) is 12.7. The summed E-state index contributed by atoms with van der Waals surface area (Å²) >= 11 is 0. The lowest BCUT2D eigenvalue weighted by atomic mass is 10.0. The van der Waals surface area contributed by atoms with Crippen molar-refractivity contribution in [1.29, 1.82) is 0 Å². The molecule has 0 heterocycles. The Morgan fingerprint density at radius 3 is 2.12 bits per heavy atom.